The molecule has 2 heterocycles. The van der Waals surface area contributed by atoms with Crippen LogP contribution in [-0.2, 0) is 4.74 Å². The molecule has 0 aliphatic carbocycles. The summed E-state index contributed by atoms with van der Waals surface area (Å²) < 4.78 is 6.39. The average molecular weight is 190 g/mol. The van der Waals surface area contributed by atoms with Crippen molar-refractivity contribution < 1.29 is 9.53 Å². The molecule has 72 valence electrons. The molecule has 0 radical (unpaired) electrons. The van der Waals surface area contributed by atoms with Crippen LogP contribution < -0.4 is 0 Å². The zero-order valence-electron chi connectivity index (χ0n) is 8.02. The van der Waals surface area contributed by atoms with Crippen molar-refractivity contribution in [1.29, 1.82) is 0 Å². The van der Waals surface area contributed by atoms with Gasteiger partial charge in [-0.15, -0.1) is 0 Å². The highest BCUT2D eigenvalue weighted by molar-refractivity contribution is 5.88. The van der Waals surface area contributed by atoms with Crippen molar-refractivity contribution in [2.24, 2.45) is 0 Å². The highest BCUT2D eigenvalue weighted by atomic mass is 16.5. The van der Waals surface area contributed by atoms with Gasteiger partial charge in [0.15, 0.2) is 0 Å². The lowest BCUT2D eigenvalue weighted by atomic mass is 10.3. The van der Waals surface area contributed by atoms with E-state index in [-0.39, 0.29) is 5.97 Å². The van der Waals surface area contributed by atoms with Gasteiger partial charge in [-0.05, 0) is 19.1 Å². The van der Waals surface area contributed by atoms with Gasteiger partial charge in [-0.1, -0.05) is 6.07 Å². The highest BCUT2D eigenvalue weighted by Crippen LogP contribution is 2.09. The number of imidazole rings is 1. The number of ether oxygens (including phenoxy) is 1. The number of fused-ring (bicyclic) bond motifs is 1. The van der Waals surface area contributed by atoms with Crippen molar-refractivity contribution in [2.75, 3.05) is 7.11 Å². The molecule has 0 aromatic carbocycles. The first-order valence-corrected chi connectivity index (χ1v) is 4.25. The average Bonchev–Trinajstić information content (AvgIpc) is 2.56. The van der Waals surface area contributed by atoms with E-state index in [0.717, 1.165) is 11.3 Å². The van der Waals surface area contributed by atoms with Crippen LogP contribution in [-0.4, -0.2) is 22.5 Å². The third-order valence-electron chi connectivity index (χ3n) is 2.01. The van der Waals surface area contributed by atoms with Gasteiger partial charge < -0.3 is 4.74 Å². The molecule has 14 heavy (non-hydrogen) atoms. The van der Waals surface area contributed by atoms with Gasteiger partial charge in [-0.25, -0.2) is 9.78 Å². The van der Waals surface area contributed by atoms with Crippen LogP contribution in [0.2, 0.25) is 0 Å². The molecule has 4 nitrogen and oxygen atoms in total. The first-order chi connectivity index (χ1) is 6.72. The van der Waals surface area contributed by atoms with Gasteiger partial charge in [0.05, 0.1) is 12.8 Å². The lowest BCUT2D eigenvalue weighted by Crippen LogP contribution is -2.06. The number of methoxy groups -OCH3 is 1. The van der Waals surface area contributed by atoms with E-state index in [9.17, 15) is 4.79 Å². The number of aryl methyl sites for hydroxylation is 1. The Morgan fingerprint density at radius 2 is 2.29 bits per heavy atom. The number of carbonyl (C=O) groups excluding carboxylic acids is 1. The Balaban J connectivity index is 2.70. The topological polar surface area (TPSA) is 43.6 Å². The van der Waals surface area contributed by atoms with Gasteiger partial charge in [0.25, 0.3) is 0 Å². The highest BCUT2D eigenvalue weighted by Gasteiger charge is 2.10. The van der Waals surface area contributed by atoms with Crippen molar-refractivity contribution in [2.45, 2.75) is 6.92 Å². The van der Waals surface area contributed by atoms with Crippen LogP contribution >= 0.6 is 0 Å². The van der Waals surface area contributed by atoms with Crippen molar-refractivity contribution in [1.82, 2.24) is 9.38 Å². The van der Waals surface area contributed by atoms with Gasteiger partial charge in [0.1, 0.15) is 11.3 Å². The number of nitrogens with zero attached hydrogens (tertiary/aromatic N) is 2. The second kappa shape index (κ2) is 3.14. The molecule has 0 aliphatic heterocycles. The summed E-state index contributed by atoms with van der Waals surface area (Å²) in [5, 5.41) is 0. The van der Waals surface area contributed by atoms with E-state index in [1.165, 1.54) is 7.11 Å². The lowest BCUT2D eigenvalue weighted by molar-refractivity contribution is 0.0592. The Labute approximate surface area is 81.1 Å². The molecular formula is C10H10N2O2. The molecule has 2 rings (SSSR count). The Morgan fingerprint density at radius 1 is 1.50 bits per heavy atom. The van der Waals surface area contributed by atoms with E-state index in [4.69, 9.17) is 0 Å². The minimum atomic E-state index is -0.354. The molecule has 0 saturated heterocycles. The number of pyridine rings is 1. The minimum Gasteiger partial charge on any atom is -0.464 e. The van der Waals surface area contributed by atoms with E-state index in [0.29, 0.717) is 5.69 Å². The maximum atomic E-state index is 11.4. The van der Waals surface area contributed by atoms with Crippen LogP contribution in [0, 0.1) is 6.92 Å². The zero-order valence-corrected chi connectivity index (χ0v) is 8.02. The minimum absolute atomic E-state index is 0.354. The second-order valence-corrected chi connectivity index (χ2v) is 3.01. The predicted octanol–water partition coefficient (Wildman–Crippen LogP) is 1.43. The Kier molecular flexibility index (Phi) is 1.96. The fraction of sp³-hybridized carbons (Fsp3) is 0.200. The Hall–Kier alpha value is -1.84. The lowest BCUT2D eigenvalue weighted by Gasteiger charge is -2.01. The summed E-state index contributed by atoms with van der Waals surface area (Å²) in [4.78, 5) is 15.6. The molecule has 2 aromatic heterocycles. The number of carbonyl (C=O) groups is 1. The van der Waals surface area contributed by atoms with Crippen molar-refractivity contribution in [3.05, 3.63) is 35.8 Å². The Morgan fingerprint density at radius 3 is 3.00 bits per heavy atom. The summed E-state index contributed by atoms with van der Waals surface area (Å²) in [6.45, 7) is 1.88. The van der Waals surface area contributed by atoms with E-state index < -0.39 is 0 Å². The van der Waals surface area contributed by atoms with Gasteiger partial charge in [0.2, 0.25) is 0 Å². The molecule has 0 spiro atoms. The maximum Gasteiger partial charge on any atom is 0.355 e. The SMILES string of the molecule is COC(=O)c1cccc2nc(C)cn12. The normalized spacial score (nSPS) is 10.4. The van der Waals surface area contributed by atoms with Crippen LogP contribution in [0.1, 0.15) is 16.2 Å². The quantitative estimate of drug-likeness (QED) is 0.639. The number of rotatable bonds is 1. The first-order valence-electron chi connectivity index (χ1n) is 4.25. The molecule has 0 bridgehead atoms. The van der Waals surface area contributed by atoms with Crippen LogP contribution in [0.3, 0.4) is 0 Å². The molecule has 0 N–H and O–H groups in total. The number of aromatic nitrogens is 2. The molecule has 0 atom stereocenters. The number of esters is 1. The van der Waals surface area contributed by atoms with Crippen LogP contribution in [0.5, 0.6) is 0 Å². The molecule has 0 fully saturated rings. The van der Waals surface area contributed by atoms with Gasteiger partial charge in [-0.3, -0.25) is 4.40 Å². The molecular weight excluding hydrogens is 180 g/mol. The van der Waals surface area contributed by atoms with E-state index >= 15 is 0 Å². The molecule has 0 saturated carbocycles. The first kappa shape index (κ1) is 8.74. The fourth-order valence-corrected chi connectivity index (χ4v) is 1.40. The summed E-state index contributed by atoms with van der Waals surface area (Å²) in [5.74, 6) is -0.354. The summed E-state index contributed by atoms with van der Waals surface area (Å²) in [6.07, 6.45) is 1.81. The third-order valence-corrected chi connectivity index (χ3v) is 2.01. The van der Waals surface area contributed by atoms with Crippen LogP contribution in [0.25, 0.3) is 5.65 Å². The molecule has 0 aliphatic rings. The molecule has 0 amide bonds. The van der Waals surface area contributed by atoms with Crippen LogP contribution in [0.4, 0.5) is 0 Å². The predicted molar refractivity (Wildman–Crippen MR) is 51.3 cm³/mol. The molecule has 2 aromatic rings. The largest absolute Gasteiger partial charge is 0.464 e. The monoisotopic (exact) mass is 190 g/mol. The smallest absolute Gasteiger partial charge is 0.355 e. The number of hydrogen-bond donors (Lipinski definition) is 0. The van der Waals surface area contributed by atoms with E-state index in [2.05, 4.69) is 9.72 Å². The van der Waals surface area contributed by atoms with E-state index in [1.54, 1.807) is 16.5 Å². The standard InChI is InChI=1S/C10H10N2O2/c1-7-6-12-8(10(13)14-2)4-3-5-9(12)11-7/h3-6H,1-2H3. The van der Waals surface area contributed by atoms with Gasteiger partial charge in [-0.2, -0.15) is 0 Å². The summed E-state index contributed by atoms with van der Waals surface area (Å²) >= 11 is 0. The molecule has 0 unspecified atom stereocenters. The van der Waals surface area contributed by atoms with Gasteiger partial charge in [0, 0.05) is 6.20 Å². The third kappa shape index (κ3) is 1.25. The summed E-state index contributed by atoms with van der Waals surface area (Å²) in [6, 6.07) is 5.34. The zero-order chi connectivity index (χ0) is 10.1. The molecule has 4 heteroatoms. The van der Waals surface area contributed by atoms with Crippen LogP contribution in [0.15, 0.2) is 24.4 Å². The van der Waals surface area contributed by atoms with Gasteiger partial charge >= 0.3 is 5.97 Å². The second-order valence-electron chi connectivity index (χ2n) is 3.01. The van der Waals surface area contributed by atoms with E-state index in [1.807, 2.05) is 19.2 Å². The number of hydrogen-bond acceptors (Lipinski definition) is 3. The van der Waals surface area contributed by atoms with Crippen molar-refractivity contribution in [3.8, 4) is 0 Å². The summed E-state index contributed by atoms with van der Waals surface area (Å²) in [7, 11) is 1.37. The Bertz CT molecular complexity index is 488. The van der Waals surface area contributed by atoms with Crippen molar-refractivity contribution >= 4 is 11.6 Å². The maximum absolute atomic E-state index is 11.4. The fourth-order valence-electron chi connectivity index (χ4n) is 1.40. The van der Waals surface area contributed by atoms with Crippen molar-refractivity contribution in [3.63, 3.8) is 0 Å². The summed E-state index contributed by atoms with van der Waals surface area (Å²) in [5.41, 5.74) is 2.12.